The van der Waals surface area contributed by atoms with Gasteiger partial charge in [-0.2, -0.15) is 5.10 Å². The zero-order valence-corrected chi connectivity index (χ0v) is 9.74. The Morgan fingerprint density at radius 2 is 2.25 bits per heavy atom. The molecule has 0 unspecified atom stereocenters. The van der Waals surface area contributed by atoms with Crippen LogP contribution in [0.1, 0.15) is 44.3 Å². The topological polar surface area (TPSA) is 17.8 Å². The Labute approximate surface area is 96.3 Å². The predicted molar refractivity (Wildman–Crippen MR) is 65.5 cm³/mol. The summed E-state index contributed by atoms with van der Waals surface area (Å²) in [4.78, 5) is 0. The average Bonchev–Trinajstić information content (AvgIpc) is 2.95. The zero-order chi connectivity index (χ0) is 11.0. The molecule has 2 nitrogen and oxygen atoms in total. The molecule has 1 aromatic heterocycles. The van der Waals surface area contributed by atoms with Gasteiger partial charge in [-0.25, -0.2) is 0 Å². The Morgan fingerprint density at radius 1 is 1.44 bits per heavy atom. The van der Waals surface area contributed by atoms with E-state index in [-0.39, 0.29) is 0 Å². The number of benzene rings is 1. The van der Waals surface area contributed by atoms with Gasteiger partial charge in [-0.05, 0) is 31.4 Å². The Hall–Kier alpha value is -1.31. The first kappa shape index (κ1) is 9.88. The Morgan fingerprint density at radius 3 is 3.00 bits per heavy atom. The molecule has 1 saturated carbocycles. The minimum atomic E-state index is 0.624. The minimum absolute atomic E-state index is 0.624. The van der Waals surface area contributed by atoms with Gasteiger partial charge in [-0.15, -0.1) is 0 Å². The molecule has 1 aromatic carbocycles. The van der Waals surface area contributed by atoms with Gasteiger partial charge in [0.2, 0.25) is 0 Å². The molecular formula is C14H17N2. The molecule has 1 heterocycles. The molecule has 3 rings (SSSR count). The number of aromatic nitrogens is 2. The van der Waals surface area contributed by atoms with Gasteiger partial charge in [0.25, 0.3) is 0 Å². The SMILES string of the molecule is CCc1nn(C2CCCC2)c2c[c]ccc12. The third kappa shape index (κ3) is 1.44. The van der Waals surface area contributed by atoms with E-state index < -0.39 is 0 Å². The van der Waals surface area contributed by atoms with E-state index >= 15 is 0 Å². The first-order valence-electron chi connectivity index (χ1n) is 6.27. The highest BCUT2D eigenvalue weighted by atomic mass is 15.3. The van der Waals surface area contributed by atoms with Crippen LogP contribution in [0.5, 0.6) is 0 Å². The summed E-state index contributed by atoms with van der Waals surface area (Å²) < 4.78 is 2.25. The molecule has 2 heteroatoms. The second-order valence-electron chi connectivity index (χ2n) is 4.63. The van der Waals surface area contributed by atoms with E-state index in [1.807, 2.05) is 6.07 Å². The van der Waals surface area contributed by atoms with E-state index in [4.69, 9.17) is 5.10 Å². The lowest BCUT2D eigenvalue weighted by molar-refractivity contribution is 0.478. The van der Waals surface area contributed by atoms with Crippen molar-refractivity contribution >= 4 is 10.9 Å². The van der Waals surface area contributed by atoms with Crippen molar-refractivity contribution in [3.63, 3.8) is 0 Å². The van der Waals surface area contributed by atoms with Crippen molar-refractivity contribution in [3.8, 4) is 0 Å². The number of hydrogen-bond acceptors (Lipinski definition) is 1. The lowest BCUT2D eigenvalue weighted by Gasteiger charge is -2.10. The molecule has 1 fully saturated rings. The Kier molecular flexibility index (Phi) is 2.43. The van der Waals surface area contributed by atoms with Crippen molar-refractivity contribution in [2.45, 2.75) is 45.1 Å². The summed E-state index contributed by atoms with van der Waals surface area (Å²) in [5, 5.41) is 6.10. The van der Waals surface area contributed by atoms with Crippen molar-refractivity contribution < 1.29 is 0 Å². The number of aryl methyl sites for hydroxylation is 1. The Balaban J connectivity index is 2.16. The molecule has 83 valence electrons. The van der Waals surface area contributed by atoms with Crippen LogP contribution in [0, 0.1) is 6.07 Å². The molecule has 0 N–H and O–H groups in total. The third-order valence-corrected chi connectivity index (χ3v) is 3.63. The van der Waals surface area contributed by atoms with Gasteiger partial charge in [0.05, 0.1) is 17.3 Å². The second-order valence-corrected chi connectivity index (χ2v) is 4.63. The number of nitrogens with zero attached hydrogens (tertiary/aromatic N) is 2. The van der Waals surface area contributed by atoms with Crippen LogP contribution in [0.4, 0.5) is 0 Å². The minimum Gasteiger partial charge on any atom is -0.262 e. The Bertz CT molecular complexity index is 492. The van der Waals surface area contributed by atoms with Gasteiger partial charge in [0.1, 0.15) is 0 Å². The van der Waals surface area contributed by atoms with Crippen molar-refractivity contribution in [3.05, 3.63) is 30.0 Å². The van der Waals surface area contributed by atoms with E-state index in [1.54, 1.807) is 0 Å². The van der Waals surface area contributed by atoms with E-state index in [2.05, 4.69) is 29.8 Å². The average molecular weight is 213 g/mol. The van der Waals surface area contributed by atoms with Crippen molar-refractivity contribution in [1.82, 2.24) is 9.78 Å². The van der Waals surface area contributed by atoms with Crippen LogP contribution in [0.3, 0.4) is 0 Å². The highest BCUT2D eigenvalue weighted by molar-refractivity contribution is 5.81. The van der Waals surface area contributed by atoms with Gasteiger partial charge in [-0.1, -0.05) is 31.9 Å². The fraction of sp³-hybridized carbons (Fsp3) is 0.500. The molecule has 1 aliphatic carbocycles. The number of hydrogen-bond donors (Lipinski definition) is 0. The highest BCUT2D eigenvalue weighted by Gasteiger charge is 2.20. The summed E-state index contributed by atoms with van der Waals surface area (Å²) in [6.07, 6.45) is 6.29. The monoisotopic (exact) mass is 213 g/mol. The van der Waals surface area contributed by atoms with E-state index in [1.165, 1.54) is 42.3 Å². The fourth-order valence-electron chi connectivity index (χ4n) is 2.78. The van der Waals surface area contributed by atoms with Crippen LogP contribution in [-0.4, -0.2) is 9.78 Å². The second kappa shape index (κ2) is 3.93. The maximum Gasteiger partial charge on any atom is 0.0700 e. The van der Waals surface area contributed by atoms with Crippen LogP contribution in [0.15, 0.2) is 18.2 Å². The molecule has 0 aliphatic heterocycles. The van der Waals surface area contributed by atoms with Crippen molar-refractivity contribution in [2.24, 2.45) is 0 Å². The molecule has 0 bridgehead atoms. The van der Waals surface area contributed by atoms with E-state index in [9.17, 15) is 0 Å². The molecular weight excluding hydrogens is 196 g/mol. The summed E-state index contributed by atoms with van der Waals surface area (Å²) in [6.45, 7) is 2.18. The predicted octanol–water partition coefficient (Wildman–Crippen LogP) is 3.51. The van der Waals surface area contributed by atoms with E-state index in [0.717, 1.165) is 6.42 Å². The maximum atomic E-state index is 4.79. The summed E-state index contributed by atoms with van der Waals surface area (Å²) in [5.41, 5.74) is 2.50. The van der Waals surface area contributed by atoms with Crippen molar-refractivity contribution in [1.29, 1.82) is 0 Å². The number of fused-ring (bicyclic) bond motifs is 1. The van der Waals surface area contributed by atoms with Gasteiger partial charge >= 0.3 is 0 Å². The largest absolute Gasteiger partial charge is 0.262 e. The van der Waals surface area contributed by atoms with Gasteiger partial charge in [0.15, 0.2) is 0 Å². The zero-order valence-electron chi connectivity index (χ0n) is 9.74. The fourth-order valence-corrected chi connectivity index (χ4v) is 2.78. The molecule has 16 heavy (non-hydrogen) atoms. The normalized spacial score (nSPS) is 17.3. The summed E-state index contributed by atoms with van der Waals surface area (Å²) in [6, 6.07) is 10.0. The van der Waals surface area contributed by atoms with Crippen LogP contribution in [-0.2, 0) is 6.42 Å². The molecule has 2 aromatic rings. The lowest BCUT2D eigenvalue weighted by Crippen LogP contribution is -2.06. The smallest absolute Gasteiger partial charge is 0.0700 e. The maximum absolute atomic E-state index is 4.79. The summed E-state index contributed by atoms with van der Waals surface area (Å²) in [7, 11) is 0. The van der Waals surface area contributed by atoms with Crippen molar-refractivity contribution in [2.75, 3.05) is 0 Å². The molecule has 0 spiro atoms. The van der Waals surface area contributed by atoms with Gasteiger partial charge in [0, 0.05) is 5.39 Å². The third-order valence-electron chi connectivity index (χ3n) is 3.63. The molecule has 0 amide bonds. The molecule has 1 radical (unpaired) electrons. The lowest BCUT2D eigenvalue weighted by atomic mass is 10.2. The summed E-state index contributed by atoms with van der Waals surface area (Å²) >= 11 is 0. The van der Waals surface area contributed by atoms with Crippen LogP contribution >= 0.6 is 0 Å². The van der Waals surface area contributed by atoms with Crippen LogP contribution in [0.2, 0.25) is 0 Å². The quantitative estimate of drug-likeness (QED) is 0.746. The van der Waals surface area contributed by atoms with Crippen LogP contribution in [0.25, 0.3) is 10.9 Å². The first-order chi connectivity index (χ1) is 7.90. The van der Waals surface area contributed by atoms with Gasteiger partial charge in [-0.3, -0.25) is 4.68 Å². The molecule has 0 atom stereocenters. The molecule has 1 aliphatic rings. The number of rotatable bonds is 2. The highest BCUT2D eigenvalue weighted by Crippen LogP contribution is 2.32. The van der Waals surface area contributed by atoms with Crippen LogP contribution < -0.4 is 0 Å². The van der Waals surface area contributed by atoms with Gasteiger partial charge < -0.3 is 0 Å². The van der Waals surface area contributed by atoms with E-state index in [0.29, 0.717) is 6.04 Å². The molecule has 0 saturated heterocycles. The standard InChI is InChI=1S/C14H17N2/c1-2-13-12-9-5-6-10-14(12)16(15-13)11-7-3-4-8-11/h5,9-11H,2-4,7-8H2,1H3. The first-order valence-corrected chi connectivity index (χ1v) is 6.27. The summed E-state index contributed by atoms with van der Waals surface area (Å²) in [5.74, 6) is 0.